The predicted octanol–water partition coefficient (Wildman–Crippen LogP) is 0.681. The Morgan fingerprint density at radius 2 is 1.91 bits per heavy atom. The number of rotatable bonds is 3. The Hall–Kier alpha value is -2.60. The minimum atomic E-state index is -0.560. The minimum Gasteiger partial charge on any atom is -0.366 e. The average Bonchev–Trinajstić information content (AvgIpc) is 3.14. The van der Waals surface area contributed by atoms with Gasteiger partial charge in [0.15, 0.2) is 0 Å². The number of nitrogens with zero attached hydrogens (tertiary/aromatic N) is 1. The van der Waals surface area contributed by atoms with E-state index >= 15 is 0 Å². The van der Waals surface area contributed by atoms with E-state index in [1.807, 2.05) is 30.3 Å². The number of nitrogens with one attached hydrogen (secondary N) is 1. The summed E-state index contributed by atoms with van der Waals surface area (Å²) in [4.78, 5) is 28.1. The lowest BCUT2D eigenvalue weighted by atomic mass is 9.95. The molecule has 22 heavy (non-hydrogen) atoms. The molecule has 0 aliphatic carbocycles. The van der Waals surface area contributed by atoms with E-state index in [4.69, 9.17) is 11.5 Å². The number of aromatic nitrogens is 1. The number of H-pyrrole nitrogens is 1. The largest absolute Gasteiger partial charge is 0.366 e. The van der Waals surface area contributed by atoms with E-state index in [2.05, 4.69) is 4.98 Å². The van der Waals surface area contributed by atoms with Crippen molar-refractivity contribution >= 4 is 11.8 Å². The molecule has 3 rings (SSSR count). The van der Waals surface area contributed by atoms with E-state index < -0.39 is 5.91 Å². The molecule has 1 saturated heterocycles. The smallest absolute Gasteiger partial charge is 0.270 e. The SMILES string of the molecule is NC(=O)c1c[nH]c(C(=O)N2C[C@@H](N)[C@H](c3ccccc3)C2)c1. The number of amides is 2. The Morgan fingerprint density at radius 1 is 1.18 bits per heavy atom. The Balaban J connectivity index is 1.76. The van der Waals surface area contributed by atoms with Gasteiger partial charge in [-0.3, -0.25) is 9.59 Å². The Morgan fingerprint density at radius 3 is 2.55 bits per heavy atom. The van der Waals surface area contributed by atoms with Gasteiger partial charge in [-0.25, -0.2) is 0 Å². The summed E-state index contributed by atoms with van der Waals surface area (Å²) >= 11 is 0. The third kappa shape index (κ3) is 2.60. The molecule has 1 aromatic heterocycles. The number of likely N-dealkylation sites (tertiary alicyclic amines) is 1. The first-order chi connectivity index (χ1) is 10.6. The van der Waals surface area contributed by atoms with Crippen LogP contribution >= 0.6 is 0 Å². The van der Waals surface area contributed by atoms with Crippen LogP contribution in [0, 0.1) is 0 Å². The van der Waals surface area contributed by atoms with Crippen LogP contribution in [0.25, 0.3) is 0 Å². The highest BCUT2D eigenvalue weighted by atomic mass is 16.2. The van der Waals surface area contributed by atoms with E-state index in [-0.39, 0.29) is 17.9 Å². The van der Waals surface area contributed by atoms with Gasteiger partial charge in [-0.15, -0.1) is 0 Å². The number of carbonyl (C=O) groups excluding carboxylic acids is 2. The van der Waals surface area contributed by atoms with Gasteiger partial charge >= 0.3 is 0 Å². The van der Waals surface area contributed by atoms with Crippen molar-refractivity contribution in [1.82, 2.24) is 9.88 Å². The monoisotopic (exact) mass is 298 g/mol. The lowest BCUT2D eigenvalue weighted by molar-refractivity contribution is 0.0784. The van der Waals surface area contributed by atoms with Gasteiger partial charge in [0.05, 0.1) is 5.56 Å². The van der Waals surface area contributed by atoms with Crippen molar-refractivity contribution in [3.05, 3.63) is 59.4 Å². The molecule has 2 heterocycles. The molecule has 0 radical (unpaired) electrons. The average molecular weight is 298 g/mol. The third-order valence-corrected chi connectivity index (χ3v) is 4.08. The lowest BCUT2D eigenvalue weighted by Crippen LogP contribution is -2.32. The zero-order chi connectivity index (χ0) is 15.7. The van der Waals surface area contributed by atoms with Crippen LogP contribution in [-0.4, -0.2) is 40.8 Å². The van der Waals surface area contributed by atoms with E-state index in [0.717, 1.165) is 5.56 Å². The first kappa shape index (κ1) is 14.3. The molecular weight excluding hydrogens is 280 g/mol. The molecule has 2 amide bonds. The molecule has 1 aliphatic rings. The molecule has 2 aromatic rings. The second kappa shape index (κ2) is 5.65. The Bertz CT molecular complexity index is 695. The fourth-order valence-corrected chi connectivity index (χ4v) is 2.88. The van der Waals surface area contributed by atoms with Crippen LogP contribution in [0.2, 0.25) is 0 Å². The van der Waals surface area contributed by atoms with E-state index in [9.17, 15) is 9.59 Å². The normalized spacial score (nSPS) is 21.0. The van der Waals surface area contributed by atoms with Crippen molar-refractivity contribution in [2.24, 2.45) is 11.5 Å². The van der Waals surface area contributed by atoms with Crippen molar-refractivity contribution in [3.63, 3.8) is 0 Å². The van der Waals surface area contributed by atoms with Crippen LogP contribution in [-0.2, 0) is 0 Å². The van der Waals surface area contributed by atoms with Gasteiger partial charge in [0, 0.05) is 31.2 Å². The van der Waals surface area contributed by atoms with Crippen LogP contribution in [0.4, 0.5) is 0 Å². The molecular formula is C16H18N4O2. The first-order valence-electron chi connectivity index (χ1n) is 7.14. The van der Waals surface area contributed by atoms with Gasteiger partial charge in [0.2, 0.25) is 5.91 Å². The number of hydrogen-bond acceptors (Lipinski definition) is 3. The van der Waals surface area contributed by atoms with Crippen molar-refractivity contribution in [2.75, 3.05) is 13.1 Å². The minimum absolute atomic E-state index is 0.100. The van der Waals surface area contributed by atoms with E-state index in [1.54, 1.807) is 4.90 Å². The van der Waals surface area contributed by atoms with Crippen LogP contribution in [0.3, 0.4) is 0 Å². The highest BCUT2D eigenvalue weighted by molar-refractivity contribution is 5.98. The predicted molar refractivity (Wildman–Crippen MR) is 82.4 cm³/mol. The van der Waals surface area contributed by atoms with E-state index in [0.29, 0.717) is 24.3 Å². The van der Waals surface area contributed by atoms with Crippen molar-refractivity contribution in [3.8, 4) is 0 Å². The lowest BCUT2D eigenvalue weighted by Gasteiger charge is -2.15. The van der Waals surface area contributed by atoms with Crippen LogP contribution < -0.4 is 11.5 Å². The third-order valence-electron chi connectivity index (χ3n) is 4.08. The molecule has 0 bridgehead atoms. The number of hydrogen-bond donors (Lipinski definition) is 3. The second-order valence-corrected chi connectivity index (χ2v) is 5.56. The van der Waals surface area contributed by atoms with Crippen molar-refractivity contribution in [2.45, 2.75) is 12.0 Å². The van der Waals surface area contributed by atoms with Crippen molar-refractivity contribution < 1.29 is 9.59 Å². The molecule has 1 aliphatic heterocycles. The van der Waals surface area contributed by atoms with Gasteiger partial charge in [0.1, 0.15) is 5.69 Å². The second-order valence-electron chi connectivity index (χ2n) is 5.56. The highest BCUT2D eigenvalue weighted by Gasteiger charge is 2.34. The number of carbonyl (C=O) groups is 2. The maximum absolute atomic E-state index is 12.5. The summed E-state index contributed by atoms with van der Waals surface area (Å²) in [5.74, 6) is -0.604. The number of primary amides is 1. The number of aromatic amines is 1. The maximum Gasteiger partial charge on any atom is 0.270 e. The van der Waals surface area contributed by atoms with Crippen molar-refractivity contribution in [1.29, 1.82) is 0 Å². The number of nitrogens with two attached hydrogens (primary N) is 2. The summed E-state index contributed by atoms with van der Waals surface area (Å²) in [5.41, 5.74) is 13.2. The molecule has 2 atom stereocenters. The summed E-state index contributed by atoms with van der Waals surface area (Å²) in [7, 11) is 0. The molecule has 1 aromatic carbocycles. The maximum atomic E-state index is 12.5. The molecule has 0 unspecified atom stereocenters. The topological polar surface area (TPSA) is 105 Å². The number of benzene rings is 1. The van der Waals surface area contributed by atoms with Crippen LogP contribution in [0.15, 0.2) is 42.6 Å². The molecule has 1 fully saturated rings. The van der Waals surface area contributed by atoms with Gasteiger partial charge in [0.25, 0.3) is 5.91 Å². The summed E-state index contributed by atoms with van der Waals surface area (Å²) in [5, 5.41) is 0. The molecule has 6 heteroatoms. The zero-order valence-electron chi connectivity index (χ0n) is 12.0. The molecule has 5 N–H and O–H groups in total. The fourth-order valence-electron chi connectivity index (χ4n) is 2.88. The zero-order valence-corrected chi connectivity index (χ0v) is 12.0. The summed E-state index contributed by atoms with van der Waals surface area (Å²) in [6.45, 7) is 1.05. The summed E-state index contributed by atoms with van der Waals surface area (Å²) < 4.78 is 0. The van der Waals surface area contributed by atoms with Gasteiger partial charge < -0.3 is 21.4 Å². The molecule has 0 saturated carbocycles. The van der Waals surface area contributed by atoms with Gasteiger partial charge in [-0.2, -0.15) is 0 Å². The standard InChI is InChI=1S/C16H18N4O2/c17-13-9-20(8-12(13)10-4-2-1-3-5-10)16(22)14-6-11(7-19-14)15(18)21/h1-7,12-13,19H,8-9,17H2,(H2,18,21)/t12-,13+/m0/s1. The van der Waals surface area contributed by atoms with E-state index in [1.165, 1.54) is 12.3 Å². The Labute approximate surface area is 128 Å². The summed E-state index contributed by atoms with van der Waals surface area (Å²) in [6, 6.07) is 11.3. The molecule has 0 spiro atoms. The van der Waals surface area contributed by atoms with Crippen LogP contribution in [0.1, 0.15) is 32.3 Å². The Kier molecular flexibility index (Phi) is 3.68. The molecule has 114 valence electrons. The first-order valence-corrected chi connectivity index (χ1v) is 7.14. The quantitative estimate of drug-likeness (QED) is 0.776. The fraction of sp³-hybridized carbons (Fsp3) is 0.250. The highest BCUT2D eigenvalue weighted by Crippen LogP contribution is 2.27. The van der Waals surface area contributed by atoms with Gasteiger partial charge in [-0.05, 0) is 11.6 Å². The molecule has 6 nitrogen and oxygen atoms in total. The van der Waals surface area contributed by atoms with Gasteiger partial charge in [-0.1, -0.05) is 30.3 Å². The van der Waals surface area contributed by atoms with Crippen LogP contribution in [0.5, 0.6) is 0 Å². The summed E-state index contributed by atoms with van der Waals surface area (Å²) in [6.07, 6.45) is 1.44.